The Kier molecular flexibility index (Phi) is 4.11. The Bertz CT molecular complexity index is 861. The van der Waals surface area contributed by atoms with Gasteiger partial charge in [-0.3, -0.25) is 9.10 Å². The van der Waals surface area contributed by atoms with E-state index >= 15 is 0 Å². The fourth-order valence-electron chi connectivity index (χ4n) is 2.51. The van der Waals surface area contributed by atoms with Crippen LogP contribution in [0.15, 0.2) is 30.3 Å². The smallest absolute Gasteiger partial charge is 0.261 e. The molecule has 2 heterocycles. The summed E-state index contributed by atoms with van der Waals surface area (Å²) in [4.78, 5) is 13.6. The van der Waals surface area contributed by atoms with E-state index in [1.165, 1.54) is 27.8 Å². The molecule has 0 bridgehead atoms. The minimum atomic E-state index is -3.32. The van der Waals surface area contributed by atoms with Crippen LogP contribution >= 0.6 is 11.3 Å². The molecular weight excluding hydrogens is 339 g/mol. The second-order valence-electron chi connectivity index (χ2n) is 5.32. The van der Waals surface area contributed by atoms with Crippen LogP contribution in [0.4, 0.5) is 10.1 Å². The van der Waals surface area contributed by atoms with Crippen LogP contribution < -0.4 is 9.62 Å². The number of nitrogens with zero attached hydrogens (tertiary/aromatic N) is 1. The Morgan fingerprint density at radius 1 is 1.39 bits per heavy atom. The molecule has 2 aromatic rings. The first-order valence-electron chi connectivity index (χ1n) is 6.97. The monoisotopic (exact) mass is 354 g/mol. The number of anilines is 1. The quantitative estimate of drug-likeness (QED) is 0.915. The van der Waals surface area contributed by atoms with Crippen molar-refractivity contribution in [1.29, 1.82) is 0 Å². The Hall–Kier alpha value is -1.93. The summed E-state index contributed by atoms with van der Waals surface area (Å²) in [6, 6.07) is 7.62. The zero-order chi connectivity index (χ0) is 16.6. The van der Waals surface area contributed by atoms with Crippen LogP contribution in [0.2, 0.25) is 0 Å². The van der Waals surface area contributed by atoms with Gasteiger partial charge in [-0.05, 0) is 23.8 Å². The number of benzene rings is 1. The minimum absolute atomic E-state index is 0.217. The minimum Gasteiger partial charge on any atom is -0.347 e. The zero-order valence-corrected chi connectivity index (χ0v) is 14.0. The number of hydrogen-bond donors (Lipinski definition) is 1. The van der Waals surface area contributed by atoms with Crippen LogP contribution in [-0.4, -0.2) is 27.1 Å². The second kappa shape index (κ2) is 5.93. The number of sulfonamides is 1. The van der Waals surface area contributed by atoms with Gasteiger partial charge in [0, 0.05) is 24.4 Å². The van der Waals surface area contributed by atoms with Gasteiger partial charge in [-0.15, -0.1) is 11.3 Å². The fourth-order valence-corrected chi connectivity index (χ4v) is 4.57. The molecule has 1 aliphatic heterocycles. The molecule has 0 radical (unpaired) electrons. The lowest BCUT2D eigenvalue weighted by molar-refractivity contribution is 0.0955. The van der Waals surface area contributed by atoms with Gasteiger partial charge in [-0.1, -0.05) is 12.1 Å². The van der Waals surface area contributed by atoms with E-state index in [1.54, 1.807) is 18.2 Å². The van der Waals surface area contributed by atoms with E-state index in [4.69, 9.17) is 0 Å². The van der Waals surface area contributed by atoms with E-state index in [-0.39, 0.29) is 18.3 Å². The molecular formula is C15H15FN2O3S2. The molecule has 1 aliphatic rings. The number of carbonyl (C=O) groups is 1. The maximum Gasteiger partial charge on any atom is 0.261 e. The average Bonchev–Trinajstić information content (AvgIpc) is 3.03. The maximum absolute atomic E-state index is 13.1. The van der Waals surface area contributed by atoms with Gasteiger partial charge in [0.1, 0.15) is 5.82 Å². The molecule has 0 atom stereocenters. The molecule has 0 spiro atoms. The zero-order valence-electron chi connectivity index (χ0n) is 12.4. The Balaban J connectivity index is 1.72. The second-order valence-corrected chi connectivity index (χ2v) is 8.36. The summed E-state index contributed by atoms with van der Waals surface area (Å²) in [7, 11) is -3.32. The van der Waals surface area contributed by atoms with Crippen LogP contribution in [0, 0.1) is 5.82 Å². The third-order valence-electron chi connectivity index (χ3n) is 3.56. The lowest BCUT2D eigenvalue weighted by atomic mass is 10.2. The lowest BCUT2D eigenvalue weighted by Crippen LogP contribution is -2.27. The van der Waals surface area contributed by atoms with E-state index in [0.717, 1.165) is 11.1 Å². The number of carbonyl (C=O) groups excluding carboxylic acids is 1. The van der Waals surface area contributed by atoms with E-state index in [2.05, 4.69) is 5.32 Å². The highest BCUT2D eigenvalue weighted by molar-refractivity contribution is 7.92. The van der Waals surface area contributed by atoms with Gasteiger partial charge in [-0.2, -0.15) is 0 Å². The van der Waals surface area contributed by atoms with E-state index < -0.39 is 10.0 Å². The molecule has 0 saturated carbocycles. The van der Waals surface area contributed by atoms with Crippen molar-refractivity contribution in [2.75, 3.05) is 17.1 Å². The average molecular weight is 354 g/mol. The molecule has 1 aromatic heterocycles. The summed E-state index contributed by atoms with van der Waals surface area (Å²) in [5.74, 6) is -0.641. The van der Waals surface area contributed by atoms with Crippen molar-refractivity contribution in [2.45, 2.75) is 13.0 Å². The highest BCUT2D eigenvalue weighted by atomic mass is 32.2. The highest BCUT2D eigenvalue weighted by Crippen LogP contribution is 2.37. The van der Waals surface area contributed by atoms with Gasteiger partial charge in [0.2, 0.25) is 10.0 Å². The summed E-state index contributed by atoms with van der Waals surface area (Å²) in [5.41, 5.74) is 1.26. The van der Waals surface area contributed by atoms with Crippen LogP contribution in [0.3, 0.4) is 0 Å². The van der Waals surface area contributed by atoms with Crippen molar-refractivity contribution < 1.29 is 17.6 Å². The number of thiophene rings is 1. The van der Waals surface area contributed by atoms with E-state index in [9.17, 15) is 17.6 Å². The topological polar surface area (TPSA) is 66.5 Å². The normalized spacial score (nSPS) is 13.9. The van der Waals surface area contributed by atoms with Crippen LogP contribution in [0.5, 0.6) is 0 Å². The largest absolute Gasteiger partial charge is 0.347 e. The Morgan fingerprint density at radius 2 is 2.17 bits per heavy atom. The van der Waals surface area contributed by atoms with E-state index in [1.807, 2.05) is 0 Å². The third kappa shape index (κ3) is 3.37. The first-order chi connectivity index (χ1) is 10.8. The highest BCUT2D eigenvalue weighted by Gasteiger charge is 2.29. The summed E-state index contributed by atoms with van der Waals surface area (Å²) in [5, 5.41) is 2.72. The predicted molar refractivity (Wildman–Crippen MR) is 87.8 cm³/mol. The van der Waals surface area contributed by atoms with Crippen LogP contribution in [0.1, 0.15) is 20.1 Å². The summed E-state index contributed by atoms with van der Waals surface area (Å²) < 4.78 is 37.9. The molecule has 1 aromatic carbocycles. The summed E-state index contributed by atoms with van der Waals surface area (Å²) in [6.45, 7) is 0.639. The number of fused-ring (bicyclic) bond motifs is 1. The van der Waals surface area contributed by atoms with Crippen molar-refractivity contribution >= 4 is 33.0 Å². The van der Waals surface area contributed by atoms with Gasteiger partial charge < -0.3 is 5.32 Å². The standard InChI is InChI=1S/C15H15FN2O3S2/c1-23(20,21)18-6-5-13-12(18)8-14(22-13)15(19)17-9-10-3-2-4-11(16)7-10/h2-4,7-8H,5-6,9H2,1H3,(H,17,19). The SMILES string of the molecule is CS(=O)(=O)N1CCc2sc(C(=O)NCc3cccc(F)c3)cc21. The first-order valence-corrected chi connectivity index (χ1v) is 9.64. The van der Waals surface area contributed by atoms with Gasteiger partial charge in [0.05, 0.1) is 16.8 Å². The molecule has 1 N–H and O–H groups in total. The van der Waals surface area contributed by atoms with Crippen molar-refractivity contribution in [3.05, 3.63) is 51.5 Å². The van der Waals surface area contributed by atoms with Gasteiger partial charge in [-0.25, -0.2) is 12.8 Å². The molecule has 8 heteroatoms. The molecule has 23 heavy (non-hydrogen) atoms. The molecule has 5 nitrogen and oxygen atoms in total. The van der Waals surface area contributed by atoms with Gasteiger partial charge >= 0.3 is 0 Å². The molecule has 0 unspecified atom stereocenters. The Morgan fingerprint density at radius 3 is 2.87 bits per heavy atom. The van der Waals surface area contributed by atoms with Crippen LogP contribution in [-0.2, 0) is 23.0 Å². The first kappa shape index (κ1) is 15.9. The maximum atomic E-state index is 13.1. The fraction of sp³-hybridized carbons (Fsp3) is 0.267. The number of hydrogen-bond acceptors (Lipinski definition) is 4. The molecule has 122 valence electrons. The van der Waals surface area contributed by atoms with Crippen LogP contribution in [0.25, 0.3) is 0 Å². The molecule has 0 saturated heterocycles. The predicted octanol–water partition coefficient (Wildman–Crippen LogP) is 2.14. The Labute approximate surface area is 137 Å². The molecule has 1 amide bonds. The van der Waals surface area contributed by atoms with Crippen molar-refractivity contribution in [3.8, 4) is 0 Å². The lowest BCUT2D eigenvalue weighted by Gasteiger charge is -2.14. The van der Waals surface area contributed by atoms with Crippen molar-refractivity contribution in [3.63, 3.8) is 0 Å². The molecule has 3 rings (SSSR count). The summed E-state index contributed by atoms with van der Waals surface area (Å²) >= 11 is 1.30. The van der Waals surface area contributed by atoms with Gasteiger partial charge in [0.15, 0.2) is 0 Å². The van der Waals surface area contributed by atoms with Crippen molar-refractivity contribution in [2.24, 2.45) is 0 Å². The van der Waals surface area contributed by atoms with Gasteiger partial charge in [0.25, 0.3) is 5.91 Å². The summed E-state index contributed by atoms with van der Waals surface area (Å²) in [6.07, 6.45) is 1.77. The molecule has 0 aliphatic carbocycles. The number of rotatable bonds is 4. The molecule has 0 fully saturated rings. The third-order valence-corrected chi connectivity index (χ3v) is 5.93. The number of amides is 1. The van der Waals surface area contributed by atoms with Crippen molar-refractivity contribution in [1.82, 2.24) is 5.32 Å². The number of nitrogens with one attached hydrogen (secondary N) is 1. The number of halogens is 1. The van der Waals surface area contributed by atoms with E-state index in [0.29, 0.717) is 29.1 Å².